The quantitative estimate of drug-likeness (QED) is 0.803. The second-order valence-electron chi connectivity index (χ2n) is 5.14. The first-order chi connectivity index (χ1) is 9.16. The van der Waals surface area contributed by atoms with Gasteiger partial charge in [-0.05, 0) is 30.4 Å². The van der Waals surface area contributed by atoms with E-state index in [1.54, 1.807) is 18.4 Å². The topological polar surface area (TPSA) is 79.5 Å². The number of carboxylic acid groups (broad SMARTS) is 1. The van der Waals surface area contributed by atoms with Gasteiger partial charge in [0.15, 0.2) is 0 Å². The number of carbonyl (C=O) groups excluding carboxylic acids is 1. The second kappa shape index (κ2) is 4.57. The molecule has 0 aromatic carbocycles. The van der Waals surface area contributed by atoms with Gasteiger partial charge in [-0.2, -0.15) is 0 Å². The molecule has 1 saturated carbocycles. The van der Waals surface area contributed by atoms with Crippen LogP contribution < -0.4 is 5.32 Å². The van der Waals surface area contributed by atoms with Crippen LogP contribution in [0.3, 0.4) is 0 Å². The molecule has 3 rings (SSSR count). The van der Waals surface area contributed by atoms with E-state index in [4.69, 9.17) is 4.42 Å². The van der Waals surface area contributed by atoms with Gasteiger partial charge in [0.05, 0.1) is 24.6 Å². The molecule has 1 heterocycles. The average molecular weight is 261 g/mol. The Bertz CT molecular complexity index is 520. The molecule has 1 aromatic rings. The zero-order valence-electron chi connectivity index (χ0n) is 10.3. The summed E-state index contributed by atoms with van der Waals surface area (Å²) in [4.78, 5) is 23.5. The number of rotatable bonds is 4. The summed E-state index contributed by atoms with van der Waals surface area (Å²) in [5.41, 5.74) is 0. The van der Waals surface area contributed by atoms with E-state index in [0.29, 0.717) is 12.3 Å². The van der Waals surface area contributed by atoms with Crippen LogP contribution in [0.4, 0.5) is 0 Å². The van der Waals surface area contributed by atoms with Crippen LogP contribution in [-0.4, -0.2) is 17.0 Å². The van der Waals surface area contributed by atoms with Gasteiger partial charge in [0.2, 0.25) is 5.91 Å². The van der Waals surface area contributed by atoms with Crippen molar-refractivity contribution in [2.24, 2.45) is 23.7 Å². The maximum Gasteiger partial charge on any atom is 0.307 e. The van der Waals surface area contributed by atoms with E-state index < -0.39 is 17.8 Å². The maximum atomic E-state index is 12.2. The maximum absolute atomic E-state index is 12.2. The molecule has 2 aliphatic rings. The second-order valence-corrected chi connectivity index (χ2v) is 5.14. The third-order valence-electron chi connectivity index (χ3n) is 4.06. The monoisotopic (exact) mass is 261 g/mol. The van der Waals surface area contributed by atoms with Crippen molar-refractivity contribution in [1.82, 2.24) is 5.32 Å². The van der Waals surface area contributed by atoms with Crippen LogP contribution in [0.5, 0.6) is 0 Å². The molecule has 19 heavy (non-hydrogen) atoms. The number of carbonyl (C=O) groups is 2. The molecule has 1 aromatic heterocycles. The minimum absolute atomic E-state index is 0.00172. The first-order valence-corrected chi connectivity index (χ1v) is 6.38. The minimum Gasteiger partial charge on any atom is -0.481 e. The van der Waals surface area contributed by atoms with Crippen LogP contribution in [0.2, 0.25) is 0 Å². The molecular weight excluding hydrogens is 246 g/mol. The van der Waals surface area contributed by atoms with Crippen molar-refractivity contribution in [3.63, 3.8) is 0 Å². The standard InChI is InChI=1S/C14H15NO4/c16-13(15-7-10-2-1-5-19-10)11-8-3-4-9(6-8)12(11)14(17)18/h1-5,8-9,11-12H,6-7H2,(H,15,16)(H,17,18)/t8-,9+,11-,12+/m1/s1. The highest BCUT2D eigenvalue weighted by Gasteiger charge is 2.51. The van der Waals surface area contributed by atoms with Gasteiger partial charge in [-0.25, -0.2) is 0 Å². The molecule has 0 unspecified atom stereocenters. The van der Waals surface area contributed by atoms with E-state index in [0.717, 1.165) is 6.42 Å². The van der Waals surface area contributed by atoms with Crippen molar-refractivity contribution in [3.8, 4) is 0 Å². The predicted molar refractivity (Wildman–Crippen MR) is 65.9 cm³/mol. The van der Waals surface area contributed by atoms with Gasteiger partial charge in [-0.3, -0.25) is 9.59 Å². The summed E-state index contributed by atoms with van der Waals surface area (Å²) in [5.74, 6) is -1.40. The zero-order valence-corrected chi connectivity index (χ0v) is 10.3. The molecule has 1 amide bonds. The Balaban J connectivity index is 1.68. The molecule has 0 saturated heterocycles. The molecule has 2 N–H and O–H groups in total. The van der Waals surface area contributed by atoms with Crippen LogP contribution in [0.15, 0.2) is 35.0 Å². The largest absolute Gasteiger partial charge is 0.481 e. The third kappa shape index (κ3) is 2.05. The van der Waals surface area contributed by atoms with E-state index >= 15 is 0 Å². The Kier molecular flexibility index (Phi) is 2.89. The summed E-state index contributed by atoms with van der Waals surface area (Å²) in [6.45, 7) is 0.301. The first-order valence-electron chi connectivity index (χ1n) is 6.38. The molecule has 5 nitrogen and oxygen atoms in total. The van der Waals surface area contributed by atoms with Crippen LogP contribution >= 0.6 is 0 Å². The fourth-order valence-electron chi connectivity index (χ4n) is 3.22. The number of hydrogen-bond acceptors (Lipinski definition) is 3. The Morgan fingerprint density at radius 1 is 1.32 bits per heavy atom. The summed E-state index contributed by atoms with van der Waals surface area (Å²) >= 11 is 0. The van der Waals surface area contributed by atoms with Crippen LogP contribution in [-0.2, 0) is 16.1 Å². The predicted octanol–water partition coefficient (Wildman–Crippen LogP) is 1.42. The molecule has 0 aliphatic heterocycles. The highest BCUT2D eigenvalue weighted by molar-refractivity contribution is 5.86. The Morgan fingerprint density at radius 3 is 2.68 bits per heavy atom. The van der Waals surface area contributed by atoms with Gasteiger partial charge in [0.1, 0.15) is 5.76 Å². The van der Waals surface area contributed by atoms with Gasteiger partial charge < -0.3 is 14.8 Å². The van der Waals surface area contributed by atoms with Crippen molar-refractivity contribution < 1.29 is 19.1 Å². The Morgan fingerprint density at radius 2 is 2.05 bits per heavy atom. The van der Waals surface area contributed by atoms with Crippen molar-refractivity contribution in [2.45, 2.75) is 13.0 Å². The number of hydrogen-bond donors (Lipinski definition) is 2. The fourth-order valence-corrected chi connectivity index (χ4v) is 3.22. The Labute approximate surface area is 110 Å². The summed E-state index contributed by atoms with van der Waals surface area (Å²) in [5, 5.41) is 12.0. The first kappa shape index (κ1) is 12.0. The summed E-state index contributed by atoms with van der Waals surface area (Å²) < 4.78 is 5.14. The lowest BCUT2D eigenvalue weighted by atomic mass is 9.82. The number of amides is 1. The van der Waals surface area contributed by atoms with Crippen LogP contribution in [0.1, 0.15) is 12.2 Å². The molecule has 5 heteroatoms. The summed E-state index contributed by atoms with van der Waals surface area (Å²) in [6, 6.07) is 3.53. The van der Waals surface area contributed by atoms with Crippen molar-refractivity contribution in [1.29, 1.82) is 0 Å². The number of furan rings is 1. The highest BCUT2D eigenvalue weighted by atomic mass is 16.4. The SMILES string of the molecule is O=C(O)[C@@H]1[C@H](C(=O)NCc2ccco2)[C@@H]2C=C[C@H]1C2. The molecular formula is C14H15NO4. The molecule has 1 fully saturated rings. The van der Waals surface area contributed by atoms with Gasteiger partial charge in [0, 0.05) is 0 Å². The Hall–Kier alpha value is -2.04. The van der Waals surface area contributed by atoms with Gasteiger partial charge in [-0.15, -0.1) is 0 Å². The molecule has 4 atom stereocenters. The van der Waals surface area contributed by atoms with E-state index in [9.17, 15) is 14.7 Å². The molecule has 2 bridgehead atoms. The number of fused-ring (bicyclic) bond motifs is 2. The lowest BCUT2D eigenvalue weighted by Crippen LogP contribution is -2.39. The minimum atomic E-state index is -0.880. The lowest BCUT2D eigenvalue weighted by Gasteiger charge is -2.23. The zero-order chi connectivity index (χ0) is 13.4. The number of carboxylic acids is 1. The third-order valence-corrected chi connectivity index (χ3v) is 4.06. The fraction of sp³-hybridized carbons (Fsp3) is 0.429. The van der Waals surface area contributed by atoms with E-state index in [1.807, 2.05) is 12.2 Å². The normalized spacial score (nSPS) is 31.6. The van der Waals surface area contributed by atoms with E-state index in [1.165, 1.54) is 0 Å². The lowest BCUT2D eigenvalue weighted by molar-refractivity contribution is -0.147. The number of allylic oxidation sites excluding steroid dienone is 2. The van der Waals surface area contributed by atoms with Crippen molar-refractivity contribution in [3.05, 3.63) is 36.3 Å². The number of nitrogens with one attached hydrogen (secondary N) is 1. The highest BCUT2D eigenvalue weighted by Crippen LogP contribution is 2.48. The van der Waals surface area contributed by atoms with Crippen LogP contribution in [0, 0.1) is 23.7 Å². The average Bonchev–Trinajstić information content (AvgIpc) is 3.10. The van der Waals surface area contributed by atoms with Gasteiger partial charge in [0.25, 0.3) is 0 Å². The number of aliphatic carboxylic acids is 1. The van der Waals surface area contributed by atoms with Gasteiger partial charge in [-0.1, -0.05) is 12.2 Å². The molecule has 0 radical (unpaired) electrons. The van der Waals surface area contributed by atoms with Crippen molar-refractivity contribution >= 4 is 11.9 Å². The molecule has 100 valence electrons. The van der Waals surface area contributed by atoms with Crippen LogP contribution in [0.25, 0.3) is 0 Å². The van der Waals surface area contributed by atoms with E-state index in [2.05, 4.69) is 5.32 Å². The summed E-state index contributed by atoms with van der Waals surface area (Å²) in [6.07, 6.45) is 6.22. The molecule has 0 spiro atoms. The summed E-state index contributed by atoms with van der Waals surface area (Å²) in [7, 11) is 0. The van der Waals surface area contributed by atoms with E-state index in [-0.39, 0.29) is 17.7 Å². The van der Waals surface area contributed by atoms with Crippen molar-refractivity contribution in [2.75, 3.05) is 0 Å². The smallest absolute Gasteiger partial charge is 0.307 e. The molecule has 2 aliphatic carbocycles. The van der Waals surface area contributed by atoms with Gasteiger partial charge >= 0.3 is 5.97 Å².